The highest BCUT2D eigenvalue weighted by atomic mass is 32.2. The molecule has 8 heteroatoms. The molecular weight excluding hydrogens is 432 g/mol. The average Bonchev–Trinajstić information content (AvgIpc) is 2.81. The SMILES string of the molecule is CNC(=O)C(NC(=O)CCN1c2ccccc2Sc2ccccc21)c1ccc(F)c(F)c1. The van der Waals surface area contributed by atoms with Crippen LogP contribution in [0, 0.1) is 11.6 Å². The first kappa shape index (κ1) is 21.8. The molecule has 1 atom stereocenters. The summed E-state index contributed by atoms with van der Waals surface area (Å²) >= 11 is 1.68. The second-order valence-electron chi connectivity index (χ2n) is 7.23. The predicted octanol–water partition coefficient (Wildman–Crippen LogP) is 4.56. The Morgan fingerprint density at radius 3 is 2.16 bits per heavy atom. The smallest absolute Gasteiger partial charge is 0.246 e. The number of benzene rings is 3. The summed E-state index contributed by atoms with van der Waals surface area (Å²) in [6, 6.07) is 17.9. The molecule has 5 nitrogen and oxygen atoms in total. The predicted molar refractivity (Wildman–Crippen MR) is 120 cm³/mol. The van der Waals surface area contributed by atoms with E-state index in [1.54, 1.807) is 11.8 Å². The summed E-state index contributed by atoms with van der Waals surface area (Å²) in [4.78, 5) is 29.4. The van der Waals surface area contributed by atoms with Crippen LogP contribution in [0.15, 0.2) is 76.5 Å². The lowest BCUT2D eigenvalue weighted by molar-refractivity contribution is -0.128. The molecule has 4 rings (SSSR count). The Hall–Kier alpha value is -3.39. The van der Waals surface area contributed by atoms with Crippen molar-refractivity contribution < 1.29 is 18.4 Å². The third-order valence-electron chi connectivity index (χ3n) is 5.19. The third-order valence-corrected chi connectivity index (χ3v) is 6.32. The molecular formula is C24H21F2N3O2S. The largest absolute Gasteiger partial charge is 0.357 e. The van der Waals surface area contributed by atoms with Crippen molar-refractivity contribution in [2.24, 2.45) is 0 Å². The van der Waals surface area contributed by atoms with Crippen LogP contribution in [-0.2, 0) is 9.59 Å². The van der Waals surface area contributed by atoms with Crippen molar-refractivity contribution in [3.63, 3.8) is 0 Å². The van der Waals surface area contributed by atoms with Crippen molar-refractivity contribution in [2.45, 2.75) is 22.3 Å². The molecule has 0 spiro atoms. The van der Waals surface area contributed by atoms with Crippen LogP contribution >= 0.6 is 11.8 Å². The average molecular weight is 454 g/mol. The highest BCUT2D eigenvalue weighted by molar-refractivity contribution is 7.99. The van der Waals surface area contributed by atoms with Crippen LogP contribution < -0.4 is 15.5 Å². The molecule has 0 saturated heterocycles. The van der Waals surface area contributed by atoms with Crippen molar-refractivity contribution >= 4 is 35.0 Å². The van der Waals surface area contributed by atoms with Crippen LogP contribution in [0.2, 0.25) is 0 Å². The summed E-state index contributed by atoms with van der Waals surface area (Å²) in [6.45, 7) is 0.388. The minimum absolute atomic E-state index is 0.102. The number of hydrogen-bond donors (Lipinski definition) is 2. The number of hydrogen-bond acceptors (Lipinski definition) is 4. The number of para-hydroxylation sites is 2. The zero-order chi connectivity index (χ0) is 22.7. The molecule has 2 N–H and O–H groups in total. The van der Waals surface area contributed by atoms with Gasteiger partial charge in [0.1, 0.15) is 6.04 Å². The highest BCUT2D eigenvalue weighted by Gasteiger charge is 2.26. The van der Waals surface area contributed by atoms with Crippen molar-refractivity contribution in [3.8, 4) is 0 Å². The van der Waals surface area contributed by atoms with Crippen LogP contribution in [0.3, 0.4) is 0 Å². The second kappa shape index (κ2) is 9.40. The van der Waals surface area contributed by atoms with Crippen LogP contribution in [0.4, 0.5) is 20.2 Å². The van der Waals surface area contributed by atoms with Gasteiger partial charge < -0.3 is 15.5 Å². The Bertz CT molecular complexity index is 1130. The van der Waals surface area contributed by atoms with Crippen LogP contribution in [-0.4, -0.2) is 25.4 Å². The summed E-state index contributed by atoms with van der Waals surface area (Å²) < 4.78 is 27.0. The number of rotatable bonds is 6. The van der Waals surface area contributed by atoms with E-state index in [0.29, 0.717) is 6.54 Å². The minimum Gasteiger partial charge on any atom is -0.357 e. The number of anilines is 2. The number of carbonyl (C=O) groups is 2. The van der Waals surface area contributed by atoms with Crippen molar-refractivity contribution in [2.75, 3.05) is 18.5 Å². The maximum absolute atomic E-state index is 13.7. The Kier molecular flexibility index (Phi) is 6.41. The Balaban J connectivity index is 1.52. The number of carbonyl (C=O) groups excluding carboxylic acids is 2. The molecule has 0 aliphatic carbocycles. The Labute approximate surface area is 188 Å². The van der Waals surface area contributed by atoms with E-state index in [-0.39, 0.29) is 17.9 Å². The molecule has 1 aliphatic rings. The normalized spacial score (nSPS) is 13.0. The first-order valence-electron chi connectivity index (χ1n) is 10.1. The highest BCUT2D eigenvalue weighted by Crippen LogP contribution is 2.47. The van der Waals surface area contributed by atoms with Crippen LogP contribution in [0.25, 0.3) is 0 Å². The van der Waals surface area contributed by atoms with Gasteiger partial charge in [-0.25, -0.2) is 8.78 Å². The lowest BCUT2D eigenvalue weighted by Crippen LogP contribution is -2.40. The van der Waals surface area contributed by atoms with E-state index in [9.17, 15) is 18.4 Å². The molecule has 1 aliphatic heterocycles. The van der Waals surface area contributed by atoms with E-state index >= 15 is 0 Å². The lowest BCUT2D eigenvalue weighted by atomic mass is 10.1. The zero-order valence-electron chi connectivity index (χ0n) is 17.3. The third kappa shape index (κ3) is 4.45. The second-order valence-corrected chi connectivity index (χ2v) is 8.31. The van der Waals surface area contributed by atoms with Gasteiger partial charge in [-0.2, -0.15) is 0 Å². The van der Waals surface area contributed by atoms with Gasteiger partial charge in [-0.3, -0.25) is 9.59 Å². The lowest BCUT2D eigenvalue weighted by Gasteiger charge is -2.32. The first-order valence-corrected chi connectivity index (χ1v) is 10.9. The van der Waals surface area contributed by atoms with Crippen molar-refractivity contribution in [3.05, 3.63) is 83.9 Å². The number of likely N-dealkylation sites (N-methyl/N-ethyl adjacent to an activating group) is 1. The molecule has 0 aromatic heterocycles. The van der Waals surface area contributed by atoms with Gasteiger partial charge in [0.15, 0.2) is 11.6 Å². The Morgan fingerprint density at radius 2 is 1.56 bits per heavy atom. The topological polar surface area (TPSA) is 61.4 Å². The maximum Gasteiger partial charge on any atom is 0.246 e. The molecule has 0 radical (unpaired) electrons. The molecule has 0 fully saturated rings. The fourth-order valence-electron chi connectivity index (χ4n) is 3.61. The maximum atomic E-state index is 13.7. The van der Waals surface area contributed by atoms with Gasteiger partial charge in [0, 0.05) is 29.8 Å². The van der Waals surface area contributed by atoms with Gasteiger partial charge in [0.05, 0.1) is 11.4 Å². The van der Waals surface area contributed by atoms with Gasteiger partial charge in [-0.15, -0.1) is 0 Å². The van der Waals surface area contributed by atoms with Crippen LogP contribution in [0.1, 0.15) is 18.0 Å². The fraction of sp³-hybridized carbons (Fsp3) is 0.167. The molecule has 1 heterocycles. The van der Waals surface area contributed by atoms with E-state index in [0.717, 1.165) is 33.3 Å². The minimum atomic E-state index is -1.13. The van der Waals surface area contributed by atoms with Gasteiger partial charge in [-0.05, 0) is 42.0 Å². The molecule has 3 aromatic carbocycles. The van der Waals surface area contributed by atoms with Gasteiger partial charge in [-0.1, -0.05) is 42.1 Å². The van der Waals surface area contributed by atoms with E-state index < -0.39 is 23.6 Å². The molecule has 1 unspecified atom stereocenters. The number of nitrogens with one attached hydrogen (secondary N) is 2. The Morgan fingerprint density at radius 1 is 0.938 bits per heavy atom. The molecule has 164 valence electrons. The van der Waals surface area contributed by atoms with E-state index in [1.807, 2.05) is 48.5 Å². The standard InChI is InChI=1S/C24H21F2N3O2S/c1-27-24(31)23(15-10-11-16(25)17(26)14-15)28-22(30)12-13-29-18-6-2-4-8-20(18)32-21-9-5-3-7-19(21)29/h2-11,14,23H,12-13H2,1H3,(H,27,31)(H,28,30). The molecule has 32 heavy (non-hydrogen) atoms. The molecule has 3 aromatic rings. The summed E-state index contributed by atoms with van der Waals surface area (Å²) in [5, 5.41) is 5.10. The van der Waals surface area contributed by atoms with Crippen molar-refractivity contribution in [1.29, 1.82) is 0 Å². The number of fused-ring (bicyclic) bond motifs is 2. The first-order chi connectivity index (χ1) is 15.5. The fourth-order valence-corrected chi connectivity index (χ4v) is 4.70. The molecule has 2 amide bonds. The van der Waals surface area contributed by atoms with Crippen molar-refractivity contribution in [1.82, 2.24) is 10.6 Å². The zero-order valence-corrected chi connectivity index (χ0v) is 18.1. The monoisotopic (exact) mass is 453 g/mol. The molecule has 0 saturated carbocycles. The molecule has 0 bridgehead atoms. The van der Waals surface area contributed by atoms with E-state index in [2.05, 4.69) is 15.5 Å². The van der Waals surface area contributed by atoms with Crippen LogP contribution in [0.5, 0.6) is 0 Å². The van der Waals surface area contributed by atoms with Gasteiger partial charge in [0.25, 0.3) is 0 Å². The van der Waals surface area contributed by atoms with E-state index in [4.69, 9.17) is 0 Å². The summed E-state index contributed by atoms with van der Waals surface area (Å²) in [5.41, 5.74) is 2.18. The number of amides is 2. The summed E-state index contributed by atoms with van der Waals surface area (Å²) in [5.74, 6) is -2.99. The van der Waals surface area contributed by atoms with E-state index in [1.165, 1.54) is 13.1 Å². The van der Waals surface area contributed by atoms with Gasteiger partial charge in [0.2, 0.25) is 11.8 Å². The van der Waals surface area contributed by atoms with Gasteiger partial charge >= 0.3 is 0 Å². The number of nitrogens with zero attached hydrogens (tertiary/aromatic N) is 1. The quantitative estimate of drug-likeness (QED) is 0.575. The summed E-state index contributed by atoms with van der Waals surface area (Å²) in [7, 11) is 1.42. The number of halogens is 2. The summed E-state index contributed by atoms with van der Waals surface area (Å²) in [6.07, 6.45) is 0.102.